The van der Waals surface area contributed by atoms with Crippen LogP contribution in [0.3, 0.4) is 0 Å². The molecule has 0 radical (unpaired) electrons. The van der Waals surface area contributed by atoms with E-state index in [9.17, 15) is 4.79 Å². The maximum absolute atomic E-state index is 13.0. The zero-order valence-electron chi connectivity index (χ0n) is 18.2. The Kier molecular flexibility index (Phi) is 6.95. The van der Waals surface area contributed by atoms with Gasteiger partial charge in [0, 0.05) is 53.6 Å². The smallest absolute Gasteiger partial charge is 0.256 e. The highest BCUT2D eigenvalue weighted by Gasteiger charge is 2.17. The van der Waals surface area contributed by atoms with E-state index in [0.717, 1.165) is 53.2 Å². The van der Waals surface area contributed by atoms with Crippen LogP contribution in [0, 0.1) is 13.8 Å². The normalized spacial score (nSPS) is 14.6. The van der Waals surface area contributed by atoms with E-state index in [4.69, 9.17) is 0 Å². The first kappa shape index (κ1) is 21.9. The summed E-state index contributed by atoms with van der Waals surface area (Å²) in [5, 5.41) is 6.23. The van der Waals surface area contributed by atoms with Crippen LogP contribution in [0.15, 0.2) is 52.7 Å². The fraction of sp³-hybridized carbons (Fsp3) is 0.333. The molecule has 31 heavy (non-hydrogen) atoms. The lowest BCUT2D eigenvalue weighted by atomic mass is 10.1. The SMILES string of the molecule is Cc1nc(CSc2ccccc2C(=O)Nc2ccc(N3CCN(C)CC3)c(C)c2)cs1. The number of thiazole rings is 1. The highest BCUT2D eigenvalue weighted by Crippen LogP contribution is 2.29. The summed E-state index contributed by atoms with van der Waals surface area (Å²) in [6.45, 7) is 8.35. The topological polar surface area (TPSA) is 48.5 Å². The third-order valence-electron chi connectivity index (χ3n) is 5.47. The number of anilines is 2. The Hall–Kier alpha value is -2.35. The van der Waals surface area contributed by atoms with Crippen molar-refractivity contribution in [2.24, 2.45) is 0 Å². The largest absolute Gasteiger partial charge is 0.369 e. The van der Waals surface area contributed by atoms with Crippen molar-refractivity contribution in [1.82, 2.24) is 9.88 Å². The Bertz CT molecular complexity index is 1060. The summed E-state index contributed by atoms with van der Waals surface area (Å²) in [5.74, 6) is 0.678. The summed E-state index contributed by atoms with van der Waals surface area (Å²) in [6.07, 6.45) is 0. The van der Waals surface area contributed by atoms with Gasteiger partial charge in [0.15, 0.2) is 0 Å². The fourth-order valence-corrected chi connectivity index (χ4v) is 5.40. The van der Waals surface area contributed by atoms with Crippen molar-refractivity contribution < 1.29 is 4.79 Å². The number of carbonyl (C=O) groups excluding carboxylic acids is 1. The molecule has 2 aromatic carbocycles. The lowest BCUT2D eigenvalue weighted by Crippen LogP contribution is -2.44. The molecule has 1 fully saturated rings. The Labute approximate surface area is 192 Å². The molecule has 1 aliphatic rings. The number of amides is 1. The molecule has 1 amide bonds. The first-order chi connectivity index (χ1) is 15.0. The van der Waals surface area contributed by atoms with Crippen molar-refractivity contribution >= 4 is 40.4 Å². The van der Waals surface area contributed by atoms with Gasteiger partial charge in [0.25, 0.3) is 5.91 Å². The highest BCUT2D eigenvalue weighted by atomic mass is 32.2. The maximum atomic E-state index is 13.0. The van der Waals surface area contributed by atoms with Crippen LogP contribution in [0.2, 0.25) is 0 Å². The second-order valence-electron chi connectivity index (χ2n) is 7.89. The van der Waals surface area contributed by atoms with Crippen molar-refractivity contribution in [3.8, 4) is 0 Å². The Morgan fingerprint density at radius 2 is 1.90 bits per heavy atom. The number of hydrogen-bond donors (Lipinski definition) is 1. The van der Waals surface area contributed by atoms with Gasteiger partial charge in [0.05, 0.1) is 16.3 Å². The number of carbonyl (C=O) groups is 1. The van der Waals surface area contributed by atoms with E-state index in [1.807, 2.05) is 37.3 Å². The Balaban J connectivity index is 1.44. The molecule has 0 unspecified atom stereocenters. The van der Waals surface area contributed by atoms with Crippen molar-refractivity contribution in [2.45, 2.75) is 24.5 Å². The van der Waals surface area contributed by atoms with Gasteiger partial charge in [-0.2, -0.15) is 0 Å². The van der Waals surface area contributed by atoms with Crippen molar-refractivity contribution in [3.63, 3.8) is 0 Å². The number of aromatic nitrogens is 1. The molecule has 0 atom stereocenters. The molecule has 1 aromatic heterocycles. The van der Waals surface area contributed by atoms with Gasteiger partial charge in [0.1, 0.15) is 0 Å². The summed E-state index contributed by atoms with van der Waals surface area (Å²) >= 11 is 3.30. The van der Waals surface area contributed by atoms with Crippen molar-refractivity contribution in [2.75, 3.05) is 43.4 Å². The third kappa shape index (κ3) is 5.47. The number of thioether (sulfide) groups is 1. The third-order valence-corrected chi connectivity index (χ3v) is 7.40. The summed E-state index contributed by atoms with van der Waals surface area (Å²) in [5.41, 5.74) is 5.01. The lowest BCUT2D eigenvalue weighted by molar-refractivity contribution is 0.102. The van der Waals surface area contributed by atoms with Crippen LogP contribution in [0.25, 0.3) is 0 Å². The van der Waals surface area contributed by atoms with Crippen LogP contribution in [0.5, 0.6) is 0 Å². The molecular formula is C24H28N4OS2. The van der Waals surface area contributed by atoms with Gasteiger partial charge < -0.3 is 15.1 Å². The number of nitrogens with one attached hydrogen (secondary N) is 1. The molecule has 0 spiro atoms. The van der Waals surface area contributed by atoms with Gasteiger partial charge in [-0.25, -0.2) is 4.98 Å². The second-order valence-corrected chi connectivity index (χ2v) is 9.97. The van der Waals surface area contributed by atoms with Crippen LogP contribution in [-0.2, 0) is 5.75 Å². The average molecular weight is 453 g/mol. The van der Waals surface area contributed by atoms with Crippen molar-refractivity contribution in [1.29, 1.82) is 0 Å². The fourth-order valence-electron chi connectivity index (χ4n) is 3.74. The van der Waals surface area contributed by atoms with Crippen molar-refractivity contribution in [3.05, 3.63) is 69.7 Å². The molecule has 3 aromatic rings. The van der Waals surface area contributed by atoms with E-state index in [0.29, 0.717) is 5.56 Å². The maximum Gasteiger partial charge on any atom is 0.256 e. The summed E-state index contributed by atoms with van der Waals surface area (Å²) in [4.78, 5) is 23.3. The van der Waals surface area contributed by atoms with E-state index in [1.165, 1.54) is 11.3 Å². The van der Waals surface area contributed by atoms with Gasteiger partial charge in [-0.3, -0.25) is 4.79 Å². The van der Waals surface area contributed by atoms with Gasteiger partial charge >= 0.3 is 0 Å². The number of benzene rings is 2. The molecule has 0 bridgehead atoms. The molecule has 1 aliphatic heterocycles. The minimum Gasteiger partial charge on any atom is -0.369 e. The zero-order chi connectivity index (χ0) is 21.8. The number of aryl methyl sites for hydroxylation is 2. The number of rotatable bonds is 6. The van der Waals surface area contributed by atoms with Crippen LogP contribution < -0.4 is 10.2 Å². The van der Waals surface area contributed by atoms with Gasteiger partial charge in [-0.1, -0.05) is 12.1 Å². The van der Waals surface area contributed by atoms with Gasteiger partial charge in [-0.15, -0.1) is 23.1 Å². The quantitative estimate of drug-likeness (QED) is 0.530. The highest BCUT2D eigenvalue weighted by molar-refractivity contribution is 7.98. The molecule has 0 saturated carbocycles. The van der Waals surface area contributed by atoms with Gasteiger partial charge in [0.2, 0.25) is 0 Å². The first-order valence-electron chi connectivity index (χ1n) is 10.5. The Morgan fingerprint density at radius 1 is 1.13 bits per heavy atom. The molecule has 1 saturated heterocycles. The molecule has 5 nitrogen and oxygen atoms in total. The van der Waals surface area contributed by atoms with Crippen LogP contribution in [-0.4, -0.2) is 49.0 Å². The van der Waals surface area contributed by atoms with Crippen LogP contribution >= 0.6 is 23.1 Å². The monoisotopic (exact) mass is 452 g/mol. The molecular weight excluding hydrogens is 424 g/mol. The average Bonchev–Trinajstić information content (AvgIpc) is 3.18. The predicted octanol–water partition coefficient (Wildman–Crippen LogP) is 5.06. The predicted molar refractivity (Wildman–Crippen MR) is 132 cm³/mol. The summed E-state index contributed by atoms with van der Waals surface area (Å²) < 4.78 is 0. The molecule has 0 aliphatic carbocycles. The number of piperazine rings is 1. The molecule has 2 heterocycles. The number of hydrogen-bond acceptors (Lipinski definition) is 6. The van der Waals surface area contributed by atoms with E-state index in [-0.39, 0.29) is 5.91 Å². The summed E-state index contributed by atoms with van der Waals surface area (Å²) in [7, 11) is 2.16. The lowest BCUT2D eigenvalue weighted by Gasteiger charge is -2.35. The molecule has 1 N–H and O–H groups in total. The van der Waals surface area contributed by atoms with E-state index in [2.05, 4.69) is 51.6 Å². The molecule has 7 heteroatoms. The molecule has 162 valence electrons. The van der Waals surface area contributed by atoms with Crippen LogP contribution in [0.4, 0.5) is 11.4 Å². The van der Waals surface area contributed by atoms with Crippen LogP contribution in [0.1, 0.15) is 26.6 Å². The minimum atomic E-state index is -0.0793. The van der Waals surface area contributed by atoms with E-state index in [1.54, 1.807) is 23.1 Å². The van der Waals surface area contributed by atoms with E-state index < -0.39 is 0 Å². The first-order valence-corrected chi connectivity index (χ1v) is 12.3. The standard InChI is InChI=1S/C24H28N4OS2/c1-17-14-19(8-9-22(17)28-12-10-27(3)11-13-28)26-24(29)21-6-4-5-7-23(21)31-16-20-15-30-18(2)25-20/h4-9,14-15H,10-13,16H2,1-3H3,(H,26,29). The number of nitrogens with zero attached hydrogens (tertiary/aromatic N) is 3. The zero-order valence-corrected chi connectivity index (χ0v) is 19.9. The molecule has 4 rings (SSSR count). The second kappa shape index (κ2) is 9.85. The number of likely N-dealkylation sites (N-methyl/N-ethyl adjacent to an activating group) is 1. The summed E-state index contributed by atoms with van der Waals surface area (Å²) in [6, 6.07) is 14.0. The van der Waals surface area contributed by atoms with Gasteiger partial charge in [-0.05, 0) is 56.8 Å². The minimum absolute atomic E-state index is 0.0793. The Morgan fingerprint density at radius 3 is 2.61 bits per heavy atom. The van der Waals surface area contributed by atoms with E-state index >= 15 is 0 Å².